The van der Waals surface area contributed by atoms with Gasteiger partial charge in [0.25, 0.3) is 0 Å². The summed E-state index contributed by atoms with van der Waals surface area (Å²) in [6, 6.07) is 10.6. The van der Waals surface area contributed by atoms with Crippen molar-refractivity contribution in [3.63, 3.8) is 0 Å². The topological polar surface area (TPSA) is 4.93 Å². The van der Waals surface area contributed by atoms with Crippen molar-refractivity contribution in [3.8, 4) is 5.69 Å². The van der Waals surface area contributed by atoms with Gasteiger partial charge in [-0.3, -0.25) is 0 Å². The van der Waals surface area contributed by atoms with Crippen LogP contribution in [0.4, 0.5) is 0 Å². The lowest BCUT2D eigenvalue weighted by Crippen LogP contribution is -2.00. The summed E-state index contributed by atoms with van der Waals surface area (Å²) < 4.78 is 3.45. The van der Waals surface area contributed by atoms with E-state index in [2.05, 4.69) is 71.6 Å². The molecule has 78 valence electrons. The maximum Gasteiger partial charge on any atom is 0.0484 e. The van der Waals surface area contributed by atoms with Gasteiger partial charge in [-0.25, -0.2) is 0 Å². The summed E-state index contributed by atoms with van der Waals surface area (Å²) in [6.45, 7) is 6.40. The summed E-state index contributed by atoms with van der Waals surface area (Å²) in [7, 11) is 0. The van der Waals surface area contributed by atoms with E-state index < -0.39 is 0 Å². The maximum absolute atomic E-state index is 3.57. The average Bonchev–Trinajstić information content (AvgIpc) is 2.43. The van der Waals surface area contributed by atoms with Crippen LogP contribution in [-0.4, -0.2) is 4.57 Å². The van der Waals surface area contributed by atoms with E-state index in [0.29, 0.717) is 0 Å². The quantitative estimate of drug-likeness (QED) is 0.728. The van der Waals surface area contributed by atoms with Crippen molar-refractivity contribution in [1.82, 2.24) is 4.57 Å². The molecule has 0 unspecified atom stereocenters. The molecule has 0 spiro atoms. The highest BCUT2D eigenvalue weighted by atomic mass is 79.9. The summed E-state index contributed by atoms with van der Waals surface area (Å²) in [5.74, 6) is 0. The molecule has 1 aromatic carbocycles. The molecule has 0 saturated heterocycles. The summed E-state index contributed by atoms with van der Waals surface area (Å²) in [4.78, 5) is 0. The molecule has 0 saturated carbocycles. The number of hydrogen-bond donors (Lipinski definition) is 0. The third-order valence-corrected chi connectivity index (χ3v) is 3.53. The smallest absolute Gasteiger partial charge is 0.0484 e. The Morgan fingerprint density at radius 1 is 1.07 bits per heavy atom. The van der Waals surface area contributed by atoms with Crippen LogP contribution in [0.15, 0.2) is 34.8 Å². The Kier molecular flexibility index (Phi) is 2.70. The number of nitrogens with zero attached hydrogens (tertiary/aromatic N) is 1. The molecule has 1 nitrogen and oxygen atoms in total. The molecule has 0 fully saturated rings. The predicted molar refractivity (Wildman–Crippen MR) is 67.7 cm³/mol. The van der Waals surface area contributed by atoms with Gasteiger partial charge < -0.3 is 4.57 Å². The molecule has 2 rings (SSSR count). The van der Waals surface area contributed by atoms with Crippen LogP contribution in [0.3, 0.4) is 0 Å². The van der Waals surface area contributed by atoms with Gasteiger partial charge in [0.05, 0.1) is 0 Å². The minimum atomic E-state index is 1.17. The lowest BCUT2D eigenvalue weighted by Gasteiger charge is -2.12. The number of aromatic nitrogens is 1. The van der Waals surface area contributed by atoms with Crippen LogP contribution in [0.1, 0.15) is 17.0 Å². The molecule has 0 radical (unpaired) electrons. The molecule has 0 amide bonds. The molecule has 2 aromatic rings. The van der Waals surface area contributed by atoms with Crippen molar-refractivity contribution < 1.29 is 0 Å². The van der Waals surface area contributed by atoms with E-state index in [0.717, 1.165) is 0 Å². The molecule has 0 N–H and O–H groups in total. The second kappa shape index (κ2) is 3.86. The largest absolute Gasteiger partial charge is 0.317 e. The fraction of sp³-hybridized carbons (Fsp3) is 0.231. The summed E-state index contributed by atoms with van der Waals surface area (Å²) in [5, 5.41) is 0. The van der Waals surface area contributed by atoms with E-state index in [1.54, 1.807) is 0 Å². The molecule has 0 bridgehead atoms. The zero-order valence-corrected chi connectivity index (χ0v) is 10.8. The lowest BCUT2D eigenvalue weighted by atomic mass is 10.2. The molecule has 0 atom stereocenters. The van der Waals surface area contributed by atoms with Gasteiger partial charge in [-0.1, -0.05) is 18.2 Å². The van der Waals surface area contributed by atoms with Gasteiger partial charge in [-0.05, 0) is 54.4 Å². The van der Waals surface area contributed by atoms with Crippen molar-refractivity contribution in [1.29, 1.82) is 0 Å². The number of para-hydroxylation sites is 1. The lowest BCUT2D eigenvalue weighted by molar-refractivity contribution is 0.952. The molecular formula is C13H14BrN. The third kappa shape index (κ3) is 1.74. The highest BCUT2D eigenvalue weighted by Gasteiger charge is 2.09. The Balaban J connectivity index is 2.69. The first kappa shape index (κ1) is 10.5. The highest BCUT2D eigenvalue weighted by molar-refractivity contribution is 9.10. The van der Waals surface area contributed by atoms with E-state index in [1.807, 2.05) is 0 Å². The van der Waals surface area contributed by atoms with Crippen molar-refractivity contribution in [2.75, 3.05) is 0 Å². The van der Waals surface area contributed by atoms with E-state index in [-0.39, 0.29) is 0 Å². The number of hydrogen-bond acceptors (Lipinski definition) is 0. The first-order chi connectivity index (χ1) is 7.11. The molecule has 2 heteroatoms. The number of benzene rings is 1. The summed E-state index contributed by atoms with van der Waals surface area (Å²) in [5.41, 5.74) is 5.07. The standard InChI is InChI=1S/C13H14BrN/c1-9-6-4-5-7-13(9)15-10(2)8-12(14)11(15)3/h4-8H,1-3H3. The Morgan fingerprint density at radius 2 is 1.73 bits per heavy atom. The first-order valence-corrected chi connectivity index (χ1v) is 5.81. The predicted octanol–water partition coefficient (Wildman–Crippen LogP) is 4.17. The first-order valence-electron chi connectivity index (χ1n) is 5.01. The van der Waals surface area contributed by atoms with Gasteiger partial charge in [-0.15, -0.1) is 0 Å². The Bertz CT molecular complexity index is 497. The van der Waals surface area contributed by atoms with Crippen molar-refractivity contribution >= 4 is 15.9 Å². The van der Waals surface area contributed by atoms with Gasteiger partial charge in [0, 0.05) is 21.5 Å². The molecule has 1 heterocycles. The Morgan fingerprint density at radius 3 is 2.27 bits per heavy atom. The van der Waals surface area contributed by atoms with Gasteiger partial charge in [0.2, 0.25) is 0 Å². The molecular weight excluding hydrogens is 250 g/mol. The zero-order chi connectivity index (χ0) is 11.0. The number of rotatable bonds is 1. The zero-order valence-electron chi connectivity index (χ0n) is 9.21. The highest BCUT2D eigenvalue weighted by Crippen LogP contribution is 2.26. The average molecular weight is 264 g/mol. The second-order valence-corrected chi connectivity index (χ2v) is 4.70. The molecule has 0 aliphatic heterocycles. The SMILES string of the molecule is Cc1ccccc1-n1c(C)cc(Br)c1C. The Labute approximate surface area is 98.9 Å². The fourth-order valence-corrected chi connectivity index (χ4v) is 2.42. The van der Waals surface area contributed by atoms with Gasteiger partial charge in [0.1, 0.15) is 0 Å². The van der Waals surface area contributed by atoms with Crippen LogP contribution < -0.4 is 0 Å². The van der Waals surface area contributed by atoms with E-state index in [1.165, 1.54) is 27.1 Å². The van der Waals surface area contributed by atoms with Crippen molar-refractivity contribution in [3.05, 3.63) is 51.8 Å². The van der Waals surface area contributed by atoms with E-state index >= 15 is 0 Å². The van der Waals surface area contributed by atoms with Gasteiger partial charge >= 0.3 is 0 Å². The van der Waals surface area contributed by atoms with Gasteiger partial charge in [-0.2, -0.15) is 0 Å². The van der Waals surface area contributed by atoms with Crippen LogP contribution in [0.5, 0.6) is 0 Å². The fourth-order valence-electron chi connectivity index (χ4n) is 1.91. The van der Waals surface area contributed by atoms with Crippen molar-refractivity contribution in [2.45, 2.75) is 20.8 Å². The van der Waals surface area contributed by atoms with Crippen LogP contribution in [-0.2, 0) is 0 Å². The molecule has 0 aliphatic rings. The van der Waals surface area contributed by atoms with Crippen LogP contribution in [0.2, 0.25) is 0 Å². The monoisotopic (exact) mass is 263 g/mol. The molecule has 15 heavy (non-hydrogen) atoms. The van der Waals surface area contributed by atoms with E-state index in [4.69, 9.17) is 0 Å². The van der Waals surface area contributed by atoms with Gasteiger partial charge in [0.15, 0.2) is 0 Å². The second-order valence-electron chi connectivity index (χ2n) is 3.84. The molecule has 0 aliphatic carbocycles. The summed E-state index contributed by atoms with van der Waals surface area (Å²) >= 11 is 3.57. The summed E-state index contributed by atoms with van der Waals surface area (Å²) in [6.07, 6.45) is 0. The maximum atomic E-state index is 3.57. The number of halogens is 1. The minimum absolute atomic E-state index is 1.17. The van der Waals surface area contributed by atoms with Crippen LogP contribution >= 0.6 is 15.9 Å². The van der Waals surface area contributed by atoms with Crippen LogP contribution in [0, 0.1) is 20.8 Å². The van der Waals surface area contributed by atoms with Crippen molar-refractivity contribution in [2.24, 2.45) is 0 Å². The molecule has 1 aromatic heterocycles. The Hall–Kier alpha value is -1.02. The van der Waals surface area contributed by atoms with E-state index in [9.17, 15) is 0 Å². The normalized spacial score (nSPS) is 10.7. The number of aryl methyl sites for hydroxylation is 2. The minimum Gasteiger partial charge on any atom is -0.317 e. The van der Waals surface area contributed by atoms with Crippen LogP contribution in [0.25, 0.3) is 5.69 Å². The third-order valence-electron chi connectivity index (χ3n) is 2.73.